The number of methoxy groups -OCH3 is 1. The second-order valence-corrected chi connectivity index (χ2v) is 6.31. The third-order valence-electron chi connectivity index (χ3n) is 4.02. The van der Waals surface area contributed by atoms with Crippen LogP contribution in [0.25, 0.3) is 0 Å². The van der Waals surface area contributed by atoms with E-state index in [9.17, 15) is 9.59 Å². The van der Waals surface area contributed by atoms with Crippen LogP contribution in [0, 0.1) is 0 Å². The Hall–Kier alpha value is -2.53. The molecule has 0 saturated carbocycles. The van der Waals surface area contributed by atoms with Crippen molar-refractivity contribution in [2.45, 2.75) is 26.4 Å². The Morgan fingerprint density at radius 2 is 1.81 bits per heavy atom. The average molecular weight is 375 g/mol. The lowest BCUT2D eigenvalue weighted by molar-refractivity contribution is -0.130. The number of rotatable bonds is 8. The van der Waals surface area contributed by atoms with Gasteiger partial charge in [-0.15, -0.1) is 0 Å². The van der Waals surface area contributed by atoms with Gasteiger partial charge in [0.15, 0.2) is 0 Å². The summed E-state index contributed by atoms with van der Waals surface area (Å²) in [5.74, 6) is 0.577. The number of carbonyl (C=O) groups is 2. The lowest BCUT2D eigenvalue weighted by Crippen LogP contribution is -2.33. The van der Waals surface area contributed by atoms with E-state index in [2.05, 4.69) is 5.32 Å². The van der Waals surface area contributed by atoms with Crippen LogP contribution >= 0.6 is 11.6 Å². The standard InChI is InChI=1S/C20H23ClN2O3/c1-15(24)23(14-16-7-9-18(26-2)10-8-16)12-11-20(25)22-13-17-5-3-4-6-19(17)21/h3-10H,11-14H2,1-2H3,(H,22,25). The largest absolute Gasteiger partial charge is 0.497 e. The molecule has 0 fully saturated rings. The summed E-state index contributed by atoms with van der Waals surface area (Å²) in [6, 6.07) is 14.9. The van der Waals surface area contributed by atoms with Crippen molar-refractivity contribution in [2.24, 2.45) is 0 Å². The van der Waals surface area contributed by atoms with Gasteiger partial charge in [0.25, 0.3) is 0 Å². The van der Waals surface area contributed by atoms with Gasteiger partial charge in [-0.05, 0) is 29.3 Å². The highest BCUT2D eigenvalue weighted by Crippen LogP contribution is 2.15. The highest BCUT2D eigenvalue weighted by atomic mass is 35.5. The molecule has 0 bridgehead atoms. The molecule has 2 aromatic carbocycles. The maximum atomic E-state index is 12.1. The first kappa shape index (κ1) is 19.8. The topological polar surface area (TPSA) is 58.6 Å². The summed E-state index contributed by atoms with van der Waals surface area (Å²) >= 11 is 6.08. The summed E-state index contributed by atoms with van der Waals surface area (Å²) < 4.78 is 5.13. The molecule has 2 rings (SSSR count). The highest BCUT2D eigenvalue weighted by Gasteiger charge is 2.12. The fourth-order valence-corrected chi connectivity index (χ4v) is 2.66. The number of amides is 2. The number of benzene rings is 2. The van der Waals surface area contributed by atoms with Crippen LogP contribution < -0.4 is 10.1 Å². The predicted molar refractivity (Wildman–Crippen MR) is 102 cm³/mol. The van der Waals surface area contributed by atoms with Crippen LogP contribution in [0.4, 0.5) is 0 Å². The molecule has 0 aliphatic heterocycles. The Balaban J connectivity index is 1.84. The highest BCUT2D eigenvalue weighted by molar-refractivity contribution is 6.31. The van der Waals surface area contributed by atoms with Crippen LogP contribution in [0.2, 0.25) is 5.02 Å². The zero-order chi connectivity index (χ0) is 18.9. The maximum absolute atomic E-state index is 12.1. The van der Waals surface area contributed by atoms with Crippen molar-refractivity contribution in [3.8, 4) is 5.75 Å². The number of halogens is 1. The molecule has 6 heteroatoms. The smallest absolute Gasteiger partial charge is 0.222 e. The van der Waals surface area contributed by atoms with Crippen molar-refractivity contribution in [1.82, 2.24) is 10.2 Å². The Labute approximate surface area is 158 Å². The molecule has 138 valence electrons. The van der Waals surface area contributed by atoms with Gasteiger partial charge < -0.3 is 15.0 Å². The van der Waals surface area contributed by atoms with E-state index in [4.69, 9.17) is 16.3 Å². The molecule has 0 aliphatic rings. The van der Waals surface area contributed by atoms with Crippen LogP contribution in [0.15, 0.2) is 48.5 Å². The monoisotopic (exact) mass is 374 g/mol. The van der Waals surface area contributed by atoms with Crippen molar-refractivity contribution in [2.75, 3.05) is 13.7 Å². The maximum Gasteiger partial charge on any atom is 0.222 e. The molecular formula is C20H23ClN2O3. The number of nitrogens with one attached hydrogen (secondary N) is 1. The Morgan fingerprint density at radius 1 is 1.12 bits per heavy atom. The SMILES string of the molecule is COc1ccc(CN(CCC(=O)NCc2ccccc2Cl)C(C)=O)cc1. The van der Waals surface area contributed by atoms with Gasteiger partial charge in [0.2, 0.25) is 11.8 Å². The Bertz CT molecular complexity index is 747. The first-order chi connectivity index (χ1) is 12.5. The van der Waals surface area contributed by atoms with Gasteiger partial charge in [-0.25, -0.2) is 0 Å². The van der Waals surface area contributed by atoms with Gasteiger partial charge >= 0.3 is 0 Å². The van der Waals surface area contributed by atoms with E-state index in [1.54, 1.807) is 18.1 Å². The van der Waals surface area contributed by atoms with Crippen molar-refractivity contribution < 1.29 is 14.3 Å². The second kappa shape index (κ2) is 9.82. The number of hydrogen-bond acceptors (Lipinski definition) is 3. The summed E-state index contributed by atoms with van der Waals surface area (Å²) in [5.41, 5.74) is 1.85. The number of carbonyl (C=O) groups excluding carboxylic acids is 2. The van der Waals surface area contributed by atoms with Gasteiger partial charge in [0, 0.05) is 38.0 Å². The number of ether oxygens (including phenoxy) is 1. The van der Waals surface area contributed by atoms with E-state index in [0.717, 1.165) is 16.9 Å². The lowest BCUT2D eigenvalue weighted by atomic mass is 10.2. The molecule has 2 amide bonds. The van der Waals surface area contributed by atoms with Crippen LogP contribution in [0.3, 0.4) is 0 Å². The quantitative estimate of drug-likeness (QED) is 0.770. The zero-order valence-electron chi connectivity index (χ0n) is 15.0. The fourth-order valence-electron chi connectivity index (χ4n) is 2.46. The van der Waals surface area contributed by atoms with Gasteiger partial charge in [0.05, 0.1) is 7.11 Å². The second-order valence-electron chi connectivity index (χ2n) is 5.91. The van der Waals surface area contributed by atoms with Crippen LogP contribution in [-0.4, -0.2) is 30.4 Å². The minimum atomic E-state index is -0.120. The fraction of sp³-hybridized carbons (Fsp3) is 0.300. The predicted octanol–water partition coefficient (Wildman–Crippen LogP) is 3.40. The summed E-state index contributed by atoms with van der Waals surface area (Å²) in [4.78, 5) is 25.6. The van der Waals surface area contributed by atoms with E-state index < -0.39 is 0 Å². The molecule has 0 saturated heterocycles. The van der Waals surface area contributed by atoms with E-state index in [0.29, 0.717) is 24.7 Å². The molecule has 5 nitrogen and oxygen atoms in total. The van der Waals surface area contributed by atoms with Gasteiger partial charge in [-0.2, -0.15) is 0 Å². The third kappa shape index (κ3) is 6.08. The van der Waals surface area contributed by atoms with Crippen LogP contribution in [-0.2, 0) is 22.7 Å². The Kier molecular flexibility index (Phi) is 7.48. The first-order valence-electron chi connectivity index (χ1n) is 8.38. The normalized spacial score (nSPS) is 10.3. The molecule has 26 heavy (non-hydrogen) atoms. The summed E-state index contributed by atoms with van der Waals surface area (Å²) in [5, 5.41) is 3.46. The minimum absolute atomic E-state index is 0.0697. The average Bonchev–Trinajstić information content (AvgIpc) is 2.64. The van der Waals surface area contributed by atoms with Crippen molar-refractivity contribution >= 4 is 23.4 Å². The van der Waals surface area contributed by atoms with E-state index in [1.807, 2.05) is 42.5 Å². The summed E-state index contributed by atoms with van der Waals surface area (Å²) in [6.07, 6.45) is 0.236. The zero-order valence-corrected chi connectivity index (χ0v) is 15.8. The van der Waals surface area contributed by atoms with Gasteiger partial charge in [-0.3, -0.25) is 9.59 Å². The molecule has 0 heterocycles. The molecule has 1 N–H and O–H groups in total. The molecule has 0 aromatic heterocycles. The van der Waals surface area contributed by atoms with Crippen LogP contribution in [0.1, 0.15) is 24.5 Å². The molecule has 0 aliphatic carbocycles. The molecule has 0 spiro atoms. The van der Waals surface area contributed by atoms with Crippen LogP contribution in [0.5, 0.6) is 5.75 Å². The molecule has 0 atom stereocenters. The molecule has 0 radical (unpaired) electrons. The van der Waals surface area contributed by atoms with E-state index >= 15 is 0 Å². The lowest BCUT2D eigenvalue weighted by Gasteiger charge is -2.21. The van der Waals surface area contributed by atoms with E-state index in [1.165, 1.54) is 6.92 Å². The molecular weight excluding hydrogens is 352 g/mol. The van der Waals surface area contributed by atoms with Crippen molar-refractivity contribution in [1.29, 1.82) is 0 Å². The van der Waals surface area contributed by atoms with E-state index in [-0.39, 0.29) is 18.2 Å². The molecule has 2 aromatic rings. The summed E-state index contributed by atoms with van der Waals surface area (Å²) in [6.45, 7) is 2.69. The number of nitrogens with zero attached hydrogens (tertiary/aromatic N) is 1. The summed E-state index contributed by atoms with van der Waals surface area (Å²) in [7, 11) is 1.61. The van der Waals surface area contributed by atoms with Crippen molar-refractivity contribution in [3.63, 3.8) is 0 Å². The first-order valence-corrected chi connectivity index (χ1v) is 8.76. The van der Waals surface area contributed by atoms with Gasteiger partial charge in [0.1, 0.15) is 5.75 Å². The Morgan fingerprint density at radius 3 is 2.42 bits per heavy atom. The molecule has 0 unspecified atom stereocenters. The minimum Gasteiger partial charge on any atom is -0.497 e. The third-order valence-corrected chi connectivity index (χ3v) is 4.39. The van der Waals surface area contributed by atoms with Gasteiger partial charge in [-0.1, -0.05) is 41.9 Å². The van der Waals surface area contributed by atoms with Crippen molar-refractivity contribution in [3.05, 3.63) is 64.7 Å². The number of hydrogen-bond donors (Lipinski definition) is 1.